The van der Waals surface area contributed by atoms with Gasteiger partial charge in [0.1, 0.15) is 12.9 Å². The number of likely N-dealkylation sites (N-methyl/N-ethyl adjacent to an activating group) is 1. The molecule has 172 valence electrons. The van der Waals surface area contributed by atoms with Crippen molar-refractivity contribution in [1.29, 1.82) is 0 Å². The molecule has 4 rings (SSSR count). The van der Waals surface area contributed by atoms with E-state index in [1.165, 1.54) is 6.42 Å². The van der Waals surface area contributed by atoms with Gasteiger partial charge in [0.15, 0.2) is 11.7 Å². The maximum absolute atomic E-state index is 13.5. The van der Waals surface area contributed by atoms with E-state index in [1.54, 1.807) is 6.33 Å². The number of benzene rings is 1. The number of hydrogen-bond acceptors (Lipinski definition) is 5. The van der Waals surface area contributed by atoms with Crippen LogP contribution in [0.25, 0.3) is 0 Å². The van der Waals surface area contributed by atoms with Gasteiger partial charge in [-0.1, -0.05) is 49.6 Å². The quantitative estimate of drug-likeness (QED) is 0.528. The summed E-state index contributed by atoms with van der Waals surface area (Å²) in [5.74, 6) is -0.556. The summed E-state index contributed by atoms with van der Waals surface area (Å²) >= 11 is 0. The average Bonchev–Trinajstić information content (AvgIpc) is 2.84. The van der Waals surface area contributed by atoms with E-state index in [9.17, 15) is 9.90 Å². The summed E-state index contributed by atoms with van der Waals surface area (Å²) in [6.07, 6.45) is 12.9. The highest BCUT2D eigenvalue weighted by atomic mass is 16.6. The summed E-state index contributed by atoms with van der Waals surface area (Å²) in [4.78, 5) is 21.7. The predicted molar refractivity (Wildman–Crippen MR) is 123 cm³/mol. The molecular formula is C26H36N3O3+. The zero-order chi connectivity index (χ0) is 22.4. The standard InChI is InChI=1S/C26H36N3O3/c1-29(16-14-21-17-27-20-28-18-21)15-8-13-24(19-29)32-25(30)26(31,22-9-4-2-5-10-22)23-11-6-3-7-12-23/h2,4-5,9-10,17-18,20,23-24,31H,3,6-8,11-16,19H2,1H3/q+1/t24?,26-,29?/m0/s1. The van der Waals surface area contributed by atoms with Gasteiger partial charge in [-0.2, -0.15) is 0 Å². The van der Waals surface area contributed by atoms with E-state index in [0.29, 0.717) is 5.56 Å². The molecule has 2 heterocycles. The van der Waals surface area contributed by atoms with Crippen LogP contribution in [0.2, 0.25) is 0 Å². The van der Waals surface area contributed by atoms with E-state index in [0.717, 1.165) is 74.6 Å². The van der Waals surface area contributed by atoms with E-state index in [4.69, 9.17) is 4.74 Å². The van der Waals surface area contributed by atoms with Crippen molar-refractivity contribution < 1.29 is 19.1 Å². The first-order valence-electron chi connectivity index (χ1n) is 12.1. The molecule has 0 amide bonds. The number of nitrogens with zero attached hydrogens (tertiary/aromatic N) is 3. The fourth-order valence-electron chi connectivity index (χ4n) is 5.51. The molecule has 2 unspecified atom stereocenters. The van der Waals surface area contributed by atoms with Gasteiger partial charge in [-0.15, -0.1) is 0 Å². The second kappa shape index (κ2) is 10.1. The maximum Gasteiger partial charge on any atom is 0.343 e. The Morgan fingerprint density at radius 1 is 1.09 bits per heavy atom. The lowest BCUT2D eigenvalue weighted by molar-refractivity contribution is -0.916. The molecule has 3 atom stereocenters. The molecule has 2 fully saturated rings. The lowest BCUT2D eigenvalue weighted by atomic mass is 9.73. The van der Waals surface area contributed by atoms with Crippen molar-refractivity contribution in [2.45, 2.75) is 63.1 Å². The lowest BCUT2D eigenvalue weighted by Crippen LogP contribution is -2.56. The topological polar surface area (TPSA) is 72.3 Å². The summed E-state index contributed by atoms with van der Waals surface area (Å²) in [7, 11) is 2.23. The van der Waals surface area contributed by atoms with Gasteiger partial charge >= 0.3 is 5.97 Å². The normalized spacial score (nSPS) is 26.2. The zero-order valence-electron chi connectivity index (χ0n) is 19.2. The van der Waals surface area contributed by atoms with E-state index in [2.05, 4.69) is 17.0 Å². The number of esters is 1. The van der Waals surface area contributed by atoms with Crippen molar-refractivity contribution in [2.75, 3.05) is 26.7 Å². The van der Waals surface area contributed by atoms with Gasteiger partial charge in [0.2, 0.25) is 0 Å². The third kappa shape index (κ3) is 5.18. The Labute approximate surface area is 191 Å². The number of piperidine rings is 1. The van der Waals surface area contributed by atoms with Crippen LogP contribution in [0.15, 0.2) is 49.1 Å². The van der Waals surface area contributed by atoms with Gasteiger partial charge in [-0.25, -0.2) is 14.8 Å². The Morgan fingerprint density at radius 2 is 1.81 bits per heavy atom. The van der Waals surface area contributed by atoms with Gasteiger partial charge in [0, 0.05) is 31.2 Å². The minimum Gasteiger partial charge on any atom is -0.454 e. The van der Waals surface area contributed by atoms with Crippen LogP contribution in [-0.4, -0.2) is 58.3 Å². The third-order valence-corrected chi connectivity index (χ3v) is 7.42. The summed E-state index contributed by atoms with van der Waals surface area (Å²) in [5.41, 5.74) is 0.222. The highest BCUT2D eigenvalue weighted by Gasteiger charge is 2.48. The second-order valence-corrected chi connectivity index (χ2v) is 9.88. The zero-order valence-corrected chi connectivity index (χ0v) is 19.2. The van der Waals surface area contributed by atoms with Crippen LogP contribution in [0.3, 0.4) is 0 Å². The Hall–Kier alpha value is -2.31. The second-order valence-electron chi connectivity index (χ2n) is 9.88. The van der Waals surface area contributed by atoms with Crippen molar-refractivity contribution in [3.8, 4) is 0 Å². The van der Waals surface area contributed by atoms with Crippen LogP contribution in [0.5, 0.6) is 0 Å². The number of likely N-dealkylation sites (tertiary alicyclic amines) is 1. The molecule has 0 radical (unpaired) electrons. The molecule has 1 saturated carbocycles. The van der Waals surface area contributed by atoms with Crippen molar-refractivity contribution in [3.05, 3.63) is 60.2 Å². The SMILES string of the molecule is C[N+]1(CCc2cncnc2)CCCC(OC(=O)[C@](O)(c2ccccc2)C2CCCCC2)C1. The Kier molecular flexibility index (Phi) is 7.21. The molecule has 1 aliphatic heterocycles. The highest BCUT2D eigenvalue weighted by Crippen LogP contribution is 2.41. The summed E-state index contributed by atoms with van der Waals surface area (Å²) < 4.78 is 6.93. The minimum atomic E-state index is -1.57. The summed E-state index contributed by atoms with van der Waals surface area (Å²) in [5, 5.41) is 11.8. The molecule has 2 aliphatic rings. The van der Waals surface area contributed by atoms with Gasteiger partial charge in [-0.05, 0) is 30.4 Å². The highest BCUT2D eigenvalue weighted by molar-refractivity contribution is 5.81. The molecule has 6 heteroatoms. The third-order valence-electron chi connectivity index (χ3n) is 7.42. The van der Waals surface area contributed by atoms with Gasteiger partial charge < -0.3 is 14.3 Å². The first-order valence-corrected chi connectivity index (χ1v) is 12.1. The number of aromatic nitrogens is 2. The predicted octanol–water partition coefficient (Wildman–Crippen LogP) is 3.64. The van der Waals surface area contributed by atoms with Gasteiger partial charge in [0.05, 0.1) is 20.1 Å². The number of carbonyl (C=O) groups excluding carboxylic acids is 1. The first-order chi connectivity index (χ1) is 15.5. The molecule has 1 aliphatic carbocycles. The number of rotatable bonds is 7. The molecule has 0 bridgehead atoms. The van der Waals surface area contributed by atoms with E-state index in [1.807, 2.05) is 42.7 Å². The van der Waals surface area contributed by atoms with Gasteiger partial charge in [-0.3, -0.25) is 0 Å². The van der Waals surface area contributed by atoms with E-state index >= 15 is 0 Å². The number of carbonyl (C=O) groups is 1. The van der Waals surface area contributed by atoms with Crippen molar-refractivity contribution in [1.82, 2.24) is 9.97 Å². The molecule has 1 aromatic carbocycles. The summed E-state index contributed by atoms with van der Waals surface area (Å²) in [6, 6.07) is 9.41. The van der Waals surface area contributed by atoms with Crippen LogP contribution in [0, 0.1) is 5.92 Å². The molecule has 1 N–H and O–H groups in total. The van der Waals surface area contributed by atoms with E-state index in [-0.39, 0.29) is 12.0 Å². The Morgan fingerprint density at radius 3 is 2.53 bits per heavy atom. The van der Waals surface area contributed by atoms with Crippen molar-refractivity contribution in [3.63, 3.8) is 0 Å². The molecular weight excluding hydrogens is 402 g/mol. The average molecular weight is 439 g/mol. The number of ether oxygens (including phenoxy) is 1. The fourth-order valence-corrected chi connectivity index (χ4v) is 5.51. The van der Waals surface area contributed by atoms with Crippen LogP contribution >= 0.6 is 0 Å². The first kappa shape index (κ1) is 22.9. The van der Waals surface area contributed by atoms with Crippen LogP contribution in [0.4, 0.5) is 0 Å². The molecule has 2 aromatic rings. The monoisotopic (exact) mass is 438 g/mol. The minimum absolute atomic E-state index is 0.0892. The van der Waals surface area contributed by atoms with Crippen molar-refractivity contribution >= 4 is 5.97 Å². The molecule has 32 heavy (non-hydrogen) atoms. The molecule has 6 nitrogen and oxygen atoms in total. The van der Waals surface area contributed by atoms with Crippen LogP contribution in [0.1, 0.15) is 56.1 Å². The maximum atomic E-state index is 13.5. The smallest absolute Gasteiger partial charge is 0.343 e. The number of aliphatic hydroxyl groups is 1. The largest absolute Gasteiger partial charge is 0.454 e. The lowest BCUT2D eigenvalue weighted by Gasteiger charge is -2.42. The Bertz CT molecular complexity index is 872. The van der Waals surface area contributed by atoms with Crippen molar-refractivity contribution in [2.24, 2.45) is 5.92 Å². The number of hydrogen-bond donors (Lipinski definition) is 1. The molecule has 0 spiro atoms. The van der Waals surface area contributed by atoms with Crippen LogP contribution < -0.4 is 0 Å². The number of quaternary nitrogens is 1. The molecule has 1 saturated heterocycles. The van der Waals surface area contributed by atoms with E-state index < -0.39 is 11.6 Å². The summed E-state index contributed by atoms with van der Waals surface area (Å²) in [6.45, 7) is 2.79. The fraction of sp³-hybridized carbons (Fsp3) is 0.577. The van der Waals surface area contributed by atoms with Gasteiger partial charge in [0.25, 0.3) is 0 Å². The molecule has 1 aromatic heterocycles. The van der Waals surface area contributed by atoms with Crippen LogP contribution in [-0.2, 0) is 21.6 Å². The Balaban J connectivity index is 1.45.